The lowest BCUT2D eigenvalue weighted by Crippen LogP contribution is -2.28. The third kappa shape index (κ3) is 3.05. The van der Waals surface area contributed by atoms with Crippen LogP contribution in [-0.4, -0.2) is 28.5 Å². The maximum atomic E-state index is 13.9. The number of hydrogen-bond donors (Lipinski definition) is 0. The molecule has 7 heteroatoms. The zero-order chi connectivity index (χ0) is 17.2. The number of ether oxygens (including phenoxy) is 1. The average molecular weight is 337 g/mol. The van der Waals surface area contributed by atoms with Gasteiger partial charge < -0.3 is 4.74 Å². The van der Waals surface area contributed by atoms with Crippen molar-refractivity contribution in [3.05, 3.63) is 59.4 Å². The van der Waals surface area contributed by atoms with Crippen LogP contribution in [0.5, 0.6) is 0 Å². The monoisotopic (exact) mass is 337 g/mol. The Hall–Kier alpha value is -2.41. The molecule has 0 atom stereocenters. The minimum Gasteiger partial charge on any atom is -0.465 e. The second-order valence-electron chi connectivity index (χ2n) is 4.84. The first-order valence-electron chi connectivity index (χ1n) is 6.72. The highest BCUT2D eigenvalue weighted by Gasteiger charge is 2.27. The van der Waals surface area contributed by atoms with Gasteiger partial charge in [0.25, 0.3) is 10.0 Å². The second kappa shape index (κ2) is 6.37. The van der Waals surface area contributed by atoms with E-state index in [1.807, 2.05) is 0 Å². The largest absolute Gasteiger partial charge is 0.465 e. The van der Waals surface area contributed by atoms with Gasteiger partial charge in [-0.1, -0.05) is 18.2 Å². The van der Waals surface area contributed by atoms with Gasteiger partial charge in [0.15, 0.2) is 0 Å². The molecule has 0 fully saturated rings. The molecule has 0 spiro atoms. The van der Waals surface area contributed by atoms with Crippen LogP contribution in [0.2, 0.25) is 0 Å². The van der Waals surface area contributed by atoms with E-state index in [1.165, 1.54) is 57.5 Å². The number of carbonyl (C=O) groups is 1. The fourth-order valence-electron chi connectivity index (χ4n) is 2.21. The normalized spacial score (nSPS) is 11.1. The SMILES string of the molecule is COC(=O)c1cccc(S(=O)(=O)N(C)c2ccccc2F)c1C. The molecule has 0 aliphatic heterocycles. The predicted molar refractivity (Wildman–Crippen MR) is 84.5 cm³/mol. The van der Waals surface area contributed by atoms with E-state index in [0.717, 1.165) is 4.31 Å². The van der Waals surface area contributed by atoms with Crippen molar-refractivity contribution in [2.24, 2.45) is 0 Å². The van der Waals surface area contributed by atoms with Crippen molar-refractivity contribution in [3.63, 3.8) is 0 Å². The van der Waals surface area contributed by atoms with E-state index >= 15 is 0 Å². The third-order valence-corrected chi connectivity index (χ3v) is 5.44. The lowest BCUT2D eigenvalue weighted by molar-refractivity contribution is 0.0599. The first-order chi connectivity index (χ1) is 10.8. The maximum Gasteiger partial charge on any atom is 0.338 e. The van der Waals surface area contributed by atoms with Crippen molar-refractivity contribution in [2.45, 2.75) is 11.8 Å². The highest BCUT2D eigenvalue weighted by atomic mass is 32.2. The van der Waals surface area contributed by atoms with E-state index < -0.39 is 21.8 Å². The Balaban J connectivity index is 2.57. The molecular weight excluding hydrogens is 321 g/mol. The summed E-state index contributed by atoms with van der Waals surface area (Å²) < 4.78 is 44.9. The number of carbonyl (C=O) groups excluding carboxylic acids is 1. The molecule has 2 aromatic carbocycles. The lowest BCUT2D eigenvalue weighted by Gasteiger charge is -2.21. The summed E-state index contributed by atoms with van der Waals surface area (Å²) in [5, 5.41) is 0. The molecule has 0 aromatic heterocycles. The van der Waals surface area contributed by atoms with Gasteiger partial charge in [-0.25, -0.2) is 17.6 Å². The van der Waals surface area contributed by atoms with E-state index in [9.17, 15) is 17.6 Å². The molecule has 0 aliphatic carbocycles. The third-order valence-electron chi connectivity index (χ3n) is 3.52. The van der Waals surface area contributed by atoms with Crippen molar-refractivity contribution >= 4 is 21.7 Å². The predicted octanol–water partition coefficient (Wildman–Crippen LogP) is 2.75. The summed E-state index contributed by atoms with van der Waals surface area (Å²) in [5.41, 5.74) is 0.327. The number of sulfonamides is 1. The molecule has 0 amide bonds. The number of anilines is 1. The summed E-state index contributed by atoms with van der Waals surface area (Å²) in [7, 11) is -1.55. The average Bonchev–Trinajstić information content (AvgIpc) is 2.54. The molecule has 0 aliphatic rings. The van der Waals surface area contributed by atoms with Crippen LogP contribution >= 0.6 is 0 Å². The molecule has 122 valence electrons. The molecule has 23 heavy (non-hydrogen) atoms. The van der Waals surface area contributed by atoms with Crippen LogP contribution in [0.25, 0.3) is 0 Å². The van der Waals surface area contributed by atoms with Crippen LogP contribution in [0.1, 0.15) is 15.9 Å². The molecule has 5 nitrogen and oxygen atoms in total. The van der Waals surface area contributed by atoms with Crippen LogP contribution in [0.3, 0.4) is 0 Å². The van der Waals surface area contributed by atoms with Gasteiger partial charge in [0.05, 0.1) is 23.3 Å². The van der Waals surface area contributed by atoms with Gasteiger partial charge in [-0.15, -0.1) is 0 Å². The molecule has 0 saturated carbocycles. The molecule has 2 rings (SSSR count). The number of rotatable bonds is 4. The molecule has 0 unspecified atom stereocenters. The fraction of sp³-hybridized carbons (Fsp3) is 0.188. The summed E-state index contributed by atoms with van der Waals surface area (Å²) in [6.07, 6.45) is 0. The first-order valence-corrected chi connectivity index (χ1v) is 8.16. The molecular formula is C16H16FNO4S. The molecule has 2 aromatic rings. The number of para-hydroxylation sites is 1. The molecule has 0 saturated heterocycles. The Morgan fingerprint density at radius 3 is 2.39 bits per heavy atom. The zero-order valence-electron chi connectivity index (χ0n) is 12.9. The van der Waals surface area contributed by atoms with Crippen LogP contribution in [0.4, 0.5) is 10.1 Å². The molecule has 0 radical (unpaired) electrons. The van der Waals surface area contributed by atoms with Crippen molar-refractivity contribution < 1.29 is 22.3 Å². The van der Waals surface area contributed by atoms with Crippen LogP contribution < -0.4 is 4.31 Å². The highest BCUT2D eigenvalue weighted by molar-refractivity contribution is 7.92. The van der Waals surface area contributed by atoms with Gasteiger partial charge in [0.2, 0.25) is 0 Å². The Bertz CT molecular complexity index is 849. The first kappa shape index (κ1) is 17.0. The number of hydrogen-bond acceptors (Lipinski definition) is 4. The lowest BCUT2D eigenvalue weighted by atomic mass is 10.1. The summed E-state index contributed by atoms with van der Waals surface area (Å²) in [4.78, 5) is 11.6. The van der Waals surface area contributed by atoms with Gasteiger partial charge in [-0.2, -0.15) is 0 Å². The summed E-state index contributed by atoms with van der Waals surface area (Å²) in [6.45, 7) is 1.51. The van der Waals surface area contributed by atoms with Crippen LogP contribution in [0.15, 0.2) is 47.4 Å². The number of benzene rings is 2. The van der Waals surface area contributed by atoms with Gasteiger partial charge in [-0.3, -0.25) is 4.31 Å². The summed E-state index contributed by atoms with van der Waals surface area (Å²) in [6, 6.07) is 9.86. The van der Waals surface area contributed by atoms with E-state index in [-0.39, 0.29) is 21.7 Å². The smallest absolute Gasteiger partial charge is 0.338 e. The molecule has 0 N–H and O–H groups in total. The van der Waals surface area contributed by atoms with Gasteiger partial charge in [0.1, 0.15) is 5.82 Å². The van der Waals surface area contributed by atoms with Gasteiger partial charge >= 0.3 is 5.97 Å². The highest BCUT2D eigenvalue weighted by Crippen LogP contribution is 2.27. The maximum absolute atomic E-state index is 13.9. The van der Waals surface area contributed by atoms with Gasteiger partial charge in [0, 0.05) is 7.05 Å². The molecule has 0 bridgehead atoms. The van der Waals surface area contributed by atoms with Crippen LogP contribution in [0, 0.1) is 12.7 Å². The summed E-state index contributed by atoms with van der Waals surface area (Å²) >= 11 is 0. The Morgan fingerprint density at radius 2 is 1.78 bits per heavy atom. The topological polar surface area (TPSA) is 63.7 Å². The van der Waals surface area contributed by atoms with E-state index in [4.69, 9.17) is 0 Å². The van der Waals surface area contributed by atoms with Crippen molar-refractivity contribution in [2.75, 3.05) is 18.5 Å². The van der Waals surface area contributed by atoms with Crippen molar-refractivity contribution in [3.8, 4) is 0 Å². The molecule has 0 heterocycles. The second-order valence-corrected chi connectivity index (χ2v) is 6.78. The summed E-state index contributed by atoms with van der Waals surface area (Å²) in [5.74, 6) is -1.28. The van der Waals surface area contributed by atoms with E-state index in [0.29, 0.717) is 0 Å². The zero-order valence-corrected chi connectivity index (χ0v) is 13.7. The minimum absolute atomic E-state index is 0.0737. The van der Waals surface area contributed by atoms with Gasteiger partial charge in [-0.05, 0) is 36.8 Å². The van der Waals surface area contributed by atoms with Crippen LogP contribution in [-0.2, 0) is 14.8 Å². The Labute approximate surface area is 134 Å². The number of esters is 1. The van der Waals surface area contributed by atoms with E-state index in [1.54, 1.807) is 6.07 Å². The fourth-order valence-corrected chi connectivity index (χ4v) is 3.66. The number of halogens is 1. The van der Waals surface area contributed by atoms with Crippen molar-refractivity contribution in [1.29, 1.82) is 0 Å². The number of nitrogens with zero attached hydrogens (tertiary/aromatic N) is 1. The standard InChI is InChI=1S/C16H16FNO4S/c1-11-12(16(19)22-3)7-6-10-15(11)23(20,21)18(2)14-9-5-4-8-13(14)17/h4-10H,1-3H3. The van der Waals surface area contributed by atoms with Crippen molar-refractivity contribution in [1.82, 2.24) is 0 Å². The quantitative estimate of drug-likeness (QED) is 0.805. The Kier molecular flexibility index (Phi) is 4.70. The number of methoxy groups -OCH3 is 1. The minimum atomic E-state index is -4.02. The Morgan fingerprint density at radius 1 is 1.13 bits per heavy atom. The van der Waals surface area contributed by atoms with E-state index in [2.05, 4.69) is 4.74 Å².